The number of aromatic nitrogens is 4. The van der Waals surface area contributed by atoms with Gasteiger partial charge in [0, 0.05) is 18.7 Å². The van der Waals surface area contributed by atoms with Gasteiger partial charge in [-0.05, 0) is 42.0 Å². The second-order valence-electron chi connectivity index (χ2n) is 6.82. The van der Waals surface area contributed by atoms with Crippen molar-refractivity contribution in [2.75, 3.05) is 13.1 Å². The lowest BCUT2D eigenvalue weighted by atomic mass is 9.88. The molecule has 1 N–H and O–H groups in total. The Morgan fingerprint density at radius 3 is 2.83 bits per heavy atom. The van der Waals surface area contributed by atoms with Crippen LogP contribution < -0.4 is 0 Å². The number of carbonyl (C=O) groups is 1. The molecule has 126 valence electrons. The highest BCUT2D eigenvalue weighted by Crippen LogP contribution is 2.44. The van der Waals surface area contributed by atoms with E-state index in [9.17, 15) is 9.90 Å². The molecule has 2 aromatic rings. The van der Waals surface area contributed by atoms with E-state index >= 15 is 0 Å². The van der Waals surface area contributed by atoms with E-state index in [2.05, 4.69) is 15.5 Å². The zero-order chi connectivity index (χ0) is 16.6. The van der Waals surface area contributed by atoms with E-state index in [1.54, 1.807) is 4.90 Å². The maximum atomic E-state index is 12.7. The van der Waals surface area contributed by atoms with Crippen molar-refractivity contribution < 1.29 is 9.90 Å². The fraction of sp³-hybridized carbons (Fsp3) is 0.529. The standard InChI is InChI=1S/C17H21N5O2/c23-15(21-10-4-9-17(24,12-21)14-7-8-14)11-22-16(18-19-20-22)13-5-2-1-3-6-13/h1-3,5-6,14,24H,4,7-12H2. The summed E-state index contributed by atoms with van der Waals surface area (Å²) in [4.78, 5) is 14.4. The van der Waals surface area contributed by atoms with Gasteiger partial charge in [0.25, 0.3) is 0 Å². The molecule has 1 aliphatic carbocycles. The van der Waals surface area contributed by atoms with Crippen LogP contribution in [0.15, 0.2) is 30.3 Å². The van der Waals surface area contributed by atoms with Crippen LogP contribution in [0.3, 0.4) is 0 Å². The number of aliphatic hydroxyl groups is 1. The summed E-state index contributed by atoms with van der Waals surface area (Å²) in [5.74, 6) is 0.901. The highest BCUT2D eigenvalue weighted by molar-refractivity contribution is 5.76. The van der Waals surface area contributed by atoms with Gasteiger partial charge in [-0.25, -0.2) is 4.68 Å². The second kappa shape index (κ2) is 5.98. The number of hydrogen-bond donors (Lipinski definition) is 1. The van der Waals surface area contributed by atoms with Crippen LogP contribution in [0.4, 0.5) is 0 Å². The SMILES string of the molecule is O=C(Cn1nnnc1-c1ccccc1)N1CCCC(O)(C2CC2)C1. The summed E-state index contributed by atoms with van der Waals surface area (Å²) in [7, 11) is 0. The van der Waals surface area contributed by atoms with Crippen molar-refractivity contribution in [1.82, 2.24) is 25.1 Å². The molecule has 1 amide bonds. The van der Waals surface area contributed by atoms with Gasteiger partial charge in [0.2, 0.25) is 5.91 Å². The van der Waals surface area contributed by atoms with Crippen LogP contribution in [0.2, 0.25) is 0 Å². The van der Waals surface area contributed by atoms with E-state index in [4.69, 9.17) is 0 Å². The van der Waals surface area contributed by atoms with Gasteiger partial charge in [-0.15, -0.1) is 5.10 Å². The minimum absolute atomic E-state index is 0.0433. The van der Waals surface area contributed by atoms with Gasteiger partial charge >= 0.3 is 0 Å². The Balaban J connectivity index is 1.48. The Kier molecular flexibility index (Phi) is 3.80. The molecule has 1 aromatic heterocycles. The zero-order valence-electron chi connectivity index (χ0n) is 13.5. The first-order chi connectivity index (χ1) is 11.7. The molecule has 0 radical (unpaired) electrons. The van der Waals surface area contributed by atoms with Crippen molar-refractivity contribution in [3.8, 4) is 11.4 Å². The number of hydrogen-bond acceptors (Lipinski definition) is 5. The first kappa shape index (κ1) is 15.3. The molecule has 7 nitrogen and oxygen atoms in total. The van der Waals surface area contributed by atoms with Gasteiger partial charge in [0.1, 0.15) is 6.54 Å². The van der Waals surface area contributed by atoms with Gasteiger partial charge in [0.05, 0.1) is 5.60 Å². The van der Waals surface area contributed by atoms with E-state index in [0.717, 1.165) is 31.2 Å². The minimum Gasteiger partial charge on any atom is -0.388 e. The van der Waals surface area contributed by atoms with Crippen LogP contribution >= 0.6 is 0 Å². The molecule has 1 atom stereocenters. The van der Waals surface area contributed by atoms with Crippen LogP contribution in [0.1, 0.15) is 25.7 Å². The summed E-state index contributed by atoms with van der Waals surface area (Å²) >= 11 is 0. The van der Waals surface area contributed by atoms with Crippen molar-refractivity contribution in [2.45, 2.75) is 37.8 Å². The number of benzene rings is 1. The topological polar surface area (TPSA) is 84.1 Å². The van der Waals surface area contributed by atoms with Gasteiger partial charge in [-0.2, -0.15) is 0 Å². The molecule has 1 saturated heterocycles. The Morgan fingerprint density at radius 2 is 2.08 bits per heavy atom. The van der Waals surface area contributed by atoms with Crippen molar-refractivity contribution in [3.05, 3.63) is 30.3 Å². The number of likely N-dealkylation sites (tertiary alicyclic amines) is 1. The fourth-order valence-electron chi connectivity index (χ4n) is 3.56. The van der Waals surface area contributed by atoms with E-state index in [1.807, 2.05) is 30.3 Å². The molecule has 4 rings (SSSR count). The summed E-state index contributed by atoms with van der Waals surface area (Å²) in [5.41, 5.74) is 0.181. The quantitative estimate of drug-likeness (QED) is 0.909. The number of tetrazole rings is 1. The Labute approximate surface area is 140 Å². The molecule has 0 bridgehead atoms. The number of nitrogens with zero attached hydrogens (tertiary/aromatic N) is 5. The highest BCUT2D eigenvalue weighted by Gasteiger charge is 2.46. The smallest absolute Gasteiger partial charge is 0.244 e. The average Bonchev–Trinajstić information content (AvgIpc) is 3.37. The number of amides is 1. The molecular weight excluding hydrogens is 306 g/mol. The number of piperidine rings is 1. The predicted octanol–water partition coefficient (Wildman–Crippen LogP) is 1.10. The van der Waals surface area contributed by atoms with Crippen molar-refractivity contribution in [1.29, 1.82) is 0 Å². The number of β-amino-alcohol motifs (C(OH)–C–C–N with tert-alkyl or cyclic N) is 1. The van der Waals surface area contributed by atoms with E-state index in [0.29, 0.717) is 24.8 Å². The second-order valence-corrected chi connectivity index (χ2v) is 6.82. The maximum absolute atomic E-state index is 12.7. The van der Waals surface area contributed by atoms with Crippen LogP contribution in [0, 0.1) is 5.92 Å². The summed E-state index contributed by atoms with van der Waals surface area (Å²) in [6, 6.07) is 9.58. The molecule has 1 aromatic carbocycles. The largest absolute Gasteiger partial charge is 0.388 e. The number of carbonyl (C=O) groups excluding carboxylic acids is 1. The third-order valence-electron chi connectivity index (χ3n) is 5.04. The lowest BCUT2D eigenvalue weighted by molar-refractivity contribution is -0.140. The van der Waals surface area contributed by atoms with Crippen LogP contribution in [-0.4, -0.2) is 54.8 Å². The Morgan fingerprint density at radius 1 is 1.29 bits per heavy atom. The molecule has 2 aliphatic rings. The van der Waals surface area contributed by atoms with E-state index in [1.165, 1.54) is 4.68 Å². The van der Waals surface area contributed by atoms with Crippen LogP contribution in [0.25, 0.3) is 11.4 Å². The van der Waals surface area contributed by atoms with Gasteiger partial charge < -0.3 is 10.0 Å². The minimum atomic E-state index is -0.698. The van der Waals surface area contributed by atoms with E-state index < -0.39 is 5.60 Å². The summed E-state index contributed by atoms with van der Waals surface area (Å²) in [6.07, 6.45) is 3.79. The first-order valence-corrected chi connectivity index (χ1v) is 8.47. The monoisotopic (exact) mass is 327 g/mol. The molecule has 1 saturated carbocycles. The normalized spacial score (nSPS) is 24.1. The third kappa shape index (κ3) is 2.91. The first-order valence-electron chi connectivity index (χ1n) is 8.47. The predicted molar refractivity (Wildman–Crippen MR) is 86.7 cm³/mol. The molecule has 1 unspecified atom stereocenters. The highest BCUT2D eigenvalue weighted by atomic mass is 16.3. The van der Waals surface area contributed by atoms with Gasteiger partial charge in [0.15, 0.2) is 5.82 Å². The Hall–Kier alpha value is -2.28. The lowest BCUT2D eigenvalue weighted by Crippen LogP contribution is -2.52. The zero-order valence-corrected chi connectivity index (χ0v) is 13.5. The molecule has 0 spiro atoms. The molecular formula is C17H21N5O2. The van der Waals surface area contributed by atoms with Crippen LogP contribution in [-0.2, 0) is 11.3 Å². The van der Waals surface area contributed by atoms with E-state index in [-0.39, 0.29) is 12.5 Å². The van der Waals surface area contributed by atoms with Gasteiger partial charge in [-0.1, -0.05) is 30.3 Å². The molecule has 24 heavy (non-hydrogen) atoms. The van der Waals surface area contributed by atoms with Crippen molar-refractivity contribution >= 4 is 5.91 Å². The average molecular weight is 327 g/mol. The lowest BCUT2D eigenvalue weighted by Gasteiger charge is -2.39. The summed E-state index contributed by atoms with van der Waals surface area (Å²) < 4.78 is 1.53. The molecule has 1 aliphatic heterocycles. The maximum Gasteiger partial charge on any atom is 0.244 e. The fourth-order valence-corrected chi connectivity index (χ4v) is 3.56. The van der Waals surface area contributed by atoms with Crippen molar-refractivity contribution in [2.24, 2.45) is 5.92 Å². The van der Waals surface area contributed by atoms with Gasteiger partial charge in [-0.3, -0.25) is 4.79 Å². The van der Waals surface area contributed by atoms with Crippen molar-refractivity contribution in [3.63, 3.8) is 0 Å². The molecule has 2 fully saturated rings. The van der Waals surface area contributed by atoms with Crippen LogP contribution in [0.5, 0.6) is 0 Å². The summed E-state index contributed by atoms with van der Waals surface area (Å²) in [6.45, 7) is 1.22. The third-order valence-corrected chi connectivity index (χ3v) is 5.04. The molecule has 7 heteroatoms. The molecule has 2 heterocycles. The summed E-state index contributed by atoms with van der Waals surface area (Å²) in [5, 5.41) is 22.4. The Bertz CT molecular complexity index is 728. The number of rotatable bonds is 4.